The van der Waals surface area contributed by atoms with Gasteiger partial charge >= 0.3 is 5.97 Å². The van der Waals surface area contributed by atoms with Crippen LogP contribution < -0.4 is 10.2 Å². The van der Waals surface area contributed by atoms with Crippen LogP contribution in [0.2, 0.25) is 0 Å². The molecule has 0 radical (unpaired) electrons. The number of rotatable bonds is 47. The third-order valence-corrected chi connectivity index (χ3v) is 12.3. The summed E-state index contributed by atoms with van der Waals surface area (Å²) in [7, 11) is 1.14. The summed E-state index contributed by atoms with van der Waals surface area (Å²) >= 11 is 0. The summed E-state index contributed by atoms with van der Waals surface area (Å²) in [6.45, 7) is 6.64. The van der Waals surface area contributed by atoms with Gasteiger partial charge in [0.2, 0.25) is 5.91 Å². The van der Waals surface area contributed by atoms with Crippen LogP contribution in [-0.4, -0.2) is 69.4 Å². The van der Waals surface area contributed by atoms with E-state index in [-0.39, 0.29) is 18.9 Å². The van der Waals surface area contributed by atoms with Gasteiger partial charge in [0.15, 0.2) is 0 Å². The zero-order chi connectivity index (χ0) is 49.4. The molecule has 0 fully saturated rings. The molecule has 0 aliphatic rings. The Morgan fingerprint density at radius 3 is 1.43 bits per heavy atom. The molecule has 0 rings (SSSR count). The number of unbranched alkanes of at least 4 members (excludes halogenated alkanes) is 19. The fraction of sp³-hybridized carbons (Fsp3) is 0.719. The number of likely N-dealkylation sites (N-methyl/N-ethyl adjacent to an activating group) is 1. The van der Waals surface area contributed by atoms with Crippen molar-refractivity contribution in [1.29, 1.82) is 0 Å². The second kappa shape index (κ2) is 46.9. The molecule has 0 spiro atoms. The van der Waals surface area contributed by atoms with Crippen molar-refractivity contribution < 1.29 is 37.3 Å². The zero-order valence-electron chi connectivity index (χ0n) is 43.8. The van der Waals surface area contributed by atoms with Crippen LogP contribution in [-0.2, 0) is 27.9 Å². The molecule has 0 saturated heterocycles. The number of phosphoric acid groups is 1. The van der Waals surface area contributed by atoms with Crippen LogP contribution in [0.15, 0.2) is 85.1 Å². The Morgan fingerprint density at radius 1 is 0.537 bits per heavy atom. The standard InChI is InChI=1S/C57H101N2O7P/c1-7-10-13-16-19-22-25-26-27-28-29-30-31-32-35-38-41-44-47-50-57(61)66-55(48-45-42-39-36-33-23-20-17-14-11-8-2)54(53-65-67(62,63)64-52-51-59(4,5)6)58-56(60)49-46-43-40-37-34-24-21-18-15-12-9-3/h10,13,19,22,26-27,29-30,32,35,41,44-45,48,54-55H,7-9,11-12,14-18,20-21,23-25,28,31,33-34,36-40,42-43,46-47,49-53H2,1-6H3,(H-,58,60,62,63)/b13-10-,22-19-,27-26-,30-29-,35-32-,44-41-,48-45+. The lowest BCUT2D eigenvalue weighted by molar-refractivity contribution is -0.870. The van der Waals surface area contributed by atoms with E-state index in [1.165, 1.54) is 96.3 Å². The lowest BCUT2D eigenvalue weighted by Gasteiger charge is -2.30. The van der Waals surface area contributed by atoms with E-state index in [9.17, 15) is 19.0 Å². The second-order valence-electron chi connectivity index (χ2n) is 19.0. The number of quaternary nitrogens is 1. The third kappa shape index (κ3) is 48.0. The Morgan fingerprint density at radius 2 is 0.970 bits per heavy atom. The van der Waals surface area contributed by atoms with Gasteiger partial charge in [-0.3, -0.25) is 14.2 Å². The number of esters is 1. The van der Waals surface area contributed by atoms with Gasteiger partial charge in [-0.1, -0.05) is 215 Å². The van der Waals surface area contributed by atoms with E-state index in [4.69, 9.17) is 13.8 Å². The molecular formula is C57H101N2O7P. The van der Waals surface area contributed by atoms with Gasteiger partial charge < -0.3 is 28.5 Å². The predicted molar refractivity (Wildman–Crippen MR) is 284 cm³/mol. The summed E-state index contributed by atoms with van der Waals surface area (Å²) in [6, 6.07) is -0.918. The van der Waals surface area contributed by atoms with E-state index >= 15 is 0 Å². The molecule has 1 N–H and O–H groups in total. The minimum Gasteiger partial charge on any atom is -0.756 e. The predicted octanol–water partition coefficient (Wildman–Crippen LogP) is 15.2. The van der Waals surface area contributed by atoms with Crippen LogP contribution in [0.25, 0.3) is 0 Å². The Kier molecular flexibility index (Phi) is 44.9. The fourth-order valence-electron chi connectivity index (χ4n) is 7.19. The summed E-state index contributed by atoms with van der Waals surface area (Å²) in [5.41, 5.74) is 0. The molecule has 0 aliphatic heterocycles. The van der Waals surface area contributed by atoms with E-state index in [0.717, 1.165) is 77.0 Å². The molecule has 0 aromatic heterocycles. The van der Waals surface area contributed by atoms with Crippen LogP contribution in [0.1, 0.15) is 213 Å². The van der Waals surface area contributed by atoms with Gasteiger partial charge in [-0.2, -0.15) is 0 Å². The van der Waals surface area contributed by atoms with Crippen molar-refractivity contribution in [3.63, 3.8) is 0 Å². The molecule has 3 unspecified atom stereocenters. The number of amides is 1. The van der Waals surface area contributed by atoms with Crippen molar-refractivity contribution in [2.24, 2.45) is 0 Å². The summed E-state index contributed by atoms with van der Waals surface area (Å²) in [4.78, 5) is 39.6. The van der Waals surface area contributed by atoms with E-state index in [0.29, 0.717) is 23.9 Å². The highest BCUT2D eigenvalue weighted by Crippen LogP contribution is 2.38. The SMILES string of the molecule is CC/C=C\C/C=C\C/C=C\C/C=C\C/C=C\C/C=C\CCC(=O)OC(/C=C/CCCCCCCCCCC)C(COP(=O)([O-])OCC[N+](C)(C)C)NC(=O)CCCCCCCCCCCCC. The van der Waals surface area contributed by atoms with Gasteiger partial charge in [-0.05, 0) is 70.3 Å². The Hall–Kier alpha value is -2.81. The highest BCUT2D eigenvalue weighted by atomic mass is 31.2. The lowest BCUT2D eigenvalue weighted by Crippen LogP contribution is -2.47. The first kappa shape index (κ1) is 64.2. The average Bonchev–Trinajstić information content (AvgIpc) is 3.28. The summed E-state index contributed by atoms with van der Waals surface area (Å²) < 4.78 is 30.0. The maximum atomic E-state index is 13.4. The Labute approximate surface area is 412 Å². The minimum absolute atomic E-state index is 0.0359. The number of hydrogen-bond acceptors (Lipinski definition) is 7. The third-order valence-electron chi connectivity index (χ3n) is 11.4. The number of carbonyl (C=O) groups is 2. The molecule has 3 atom stereocenters. The fourth-order valence-corrected chi connectivity index (χ4v) is 7.92. The second-order valence-corrected chi connectivity index (χ2v) is 20.4. The van der Waals surface area contributed by atoms with Gasteiger partial charge in [-0.15, -0.1) is 0 Å². The molecule has 0 heterocycles. The van der Waals surface area contributed by atoms with Crippen LogP contribution >= 0.6 is 7.82 Å². The molecule has 0 saturated carbocycles. The summed E-state index contributed by atoms with van der Waals surface area (Å²) in [5.74, 6) is -0.645. The maximum Gasteiger partial charge on any atom is 0.306 e. The van der Waals surface area contributed by atoms with Gasteiger partial charge in [0.25, 0.3) is 7.82 Å². The number of carbonyl (C=O) groups excluding carboxylic acids is 2. The number of nitrogens with one attached hydrogen (secondary N) is 1. The van der Waals surface area contributed by atoms with Crippen molar-refractivity contribution in [1.82, 2.24) is 5.32 Å². The molecule has 0 aliphatic carbocycles. The highest BCUT2D eigenvalue weighted by molar-refractivity contribution is 7.45. The molecule has 0 aromatic rings. The van der Waals surface area contributed by atoms with Crippen molar-refractivity contribution >= 4 is 19.7 Å². The van der Waals surface area contributed by atoms with Gasteiger partial charge in [0, 0.05) is 12.8 Å². The molecule has 0 aromatic carbocycles. The van der Waals surface area contributed by atoms with Crippen LogP contribution in [0.4, 0.5) is 0 Å². The molecule has 0 bridgehead atoms. The molecule has 1 amide bonds. The smallest absolute Gasteiger partial charge is 0.306 e. The van der Waals surface area contributed by atoms with E-state index in [1.54, 1.807) is 6.08 Å². The molecule has 386 valence electrons. The molecule has 10 heteroatoms. The summed E-state index contributed by atoms with van der Waals surface area (Å²) in [6.07, 6.45) is 59.9. The minimum atomic E-state index is -4.70. The first-order chi connectivity index (χ1) is 32.4. The highest BCUT2D eigenvalue weighted by Gasteiger charge is 2.27. The number of phosphoric ester groups is 1. The van der Waals surface area contributed by atoms with Crippen molar-refractivity contribution in [2.75, 3.05) is 40.9 Å². The number of hydrogen-bond donors (Lipinski definition) is 1. The monoisotopic (exact) mass is 957 g/mol. The topological polar surface area (TPSA) is 114 Å². The van der Waals surface area contributed by atoms with Crippen LogP contribution in [0.5, 0.6) is 0 Å². The average molecular weight is 957 g/mol. The van der Waals surface area contributed by atoms with E-state index < -0.39 is 32.5 Å². The number of ether oxygens (including phenoxy) is 1. The van der Waals surface area contributed by atoms with Gasteiger partial charge in [-0.25, -0.2) is 0 Å². The summed E-state index contributed by atoms with van der Waals surface area (Å²) in [5, 5.41) is 2.98. The van der Waals surface area contributed by atoms with E-state index in [2.05, 4.69) is 86.8 Å². The number of nitrogens with zero attached hydrogens (tertiary/aromatic N) is 1. The van der Waals surface area contributed by atoms with Crippen molar-refractivity contribution in [3.8, 4) is 0 Å². The lowest BCUT2D eigenvalue weighted by atomic mass is 10.0. The largest absolute Gasteiger partial charge is 0.756 e. The Bertz CT molecular complexity index is 1430. The molecular weight excluding hydrogens is 856 g/mol. The van der Waals surface area contributed by atoms with E-state index in [1.807, 2.05) is 39.4 Å². The quantitative estimate of drug-likeness (QED) is 0.0212. The van der Waals surface area contributed by atoms with Crippen molar-refractivity contribution in [3.05, 3.63) is 85.1 Å². The molecule has 67 heavy (non-hydrogen) atoms. The van der Waals surface area contributed by atoms with Crippen molar-refractivity contribution in [2.45, 2.75) is 226 Å². The zero-order valence-corrected chi connectivity index (χ0v) is 44.7. The normalized spacial score (nSPS) is 14.6. The molecule has 9 nitrogen and oxygen atoms in total. The number of allylic oxidation sites excluding steroid dienone is 13. The van der Waals surface area contributed by atoms with Gasteiger partial charge in [0.05, 0.1) is 33.8 Å². The first-order valence-corrected chi connectivity index (χ1v) is 28.4. The van der Waals surface area contributed by atoms with Crippen LogP contribution in [0.3, 0.4) is 0 Å². The maximum absolute atomic E-state index is 13.4. The van der Waals surface area contributed by atoms with Crippen LogP contribution in [0, 0.1) is 0 Å². The Balaban J connectivity index is 5.47. The van der Waals surface area contributed by atoms with Gasteiger partial charge in [0.1, 0.15) is 19.3 Å². The first-order valence-electron chi connectivity index (χ1n) is 26.9.